The normalized spacial score (nSPS) is 16.9. The van der Waals surface area contributed by atoms with Gasteiger partial charge in [0.2, 0.25) is 12.6 Å². The molecule has 1 N–H and O–H groups in total. The zero-order valence-electron chi connectivity index (χ0n) is 7.70. The highest BCUT2D eigenvalue weighted by Gasteiger charge is 2.26. The quantitative estimate of drug-likeness (QED) is 0.601. The van der Waals surface area contributed by atoms with Crippen LogP contribution in [0.25, 0.3) is 0 Å². The van der Waals surface area contributed by atoms with Gasteiger partial charge in [0.25, 0.3) is 0 Å². The molecule has 0 saturated heterocycles. The van der Waals surface area contributed by atoms with E-state index in [4.69, 9.17) is 11.6 Å². The Morgan fingerprint density at radius 3 is 2.38 bits per heavy atom. The van der Waals surface area contributed by atoms with Crippen molar-refractivity contribution >= 4 is 36.6 Å². The van der Waals surface area contributed by atoms with Crippen LogP contribution < -0.4 is 0 Å². The molecule has 0 aliphatic heterocycles. The molecule has 2 atom stereocenters. The first-order chi connectivity index (χ1) is 5.40. The Bertz CT molecular complexity index is 208. The topological polar surface area (TPSA) is 54.4 Å². The van der Waals surface area contributed by atoms with Crippen molar-refractivity contribution in [2.45, 2.75) is 32.3 Å². The lowest BCUT2D eigenvalue weighted by Gasteiger charge is -2.16. The summed E-state index contributed by atoms with van der Waals surface area (Å²) in [7, 11) is -3.14. The smallest absolute Gasteiger partial charge is 0.222 e. The molecule has 0 amide bonds. The van der Waals surface area contributed by atoms with Crippen LogP contribution >= 0.6 is 31.4 Å². The van der Waals surface area contributed by atoms with Crippen molar-refractivity contribution in [1.82, 2.24) is 0 Å². The van der Waals surface area contributed by atoms with Gasteiger partial charge in [0.05, 0.1) is 0 Å². The standard InChI is InChI=1S/C7H14ClO3P.ClH/c1-3-4-12(10,11)6(2)5-7(8)9;/h6H,3-5H2,1-2H3,(H,10,11);1H. The zero-order chi connectivity index (χ0) is 9.78. The van der Waals surface area contributed by atoms with Crippen molar-refractivity contribution in [3.05, 3.63) is 0 Å². The van der Waals surface area contributed by atoms with Gasteiger partial charge in [-0.05, 0) is 18.0 Å². The molecule has 3 nitrogen and oxygen atoms in total. The van der Waals surface area contributed by atoms with Gasteiger partial charge in [-0.1, -0.05) is 13.8 Å². The lowest BCUT2D eigenvalue weighted by atomic mass is 10.4. The van der Waals surface area contributed by atoms with Crippen LogP contribution in [0.1, 0.15) is 26.7 Å². The van der Waals surface area contributed by atoms with Crippen molar-refractivity contribution in [3.8, 4) is 0 Å². The number of rotatable bonds is 5. The minimum absolute atomic E-state index is 0. The van der Waals surface area contributed by atoms with Crippen molar-refractivity contribution in [3.63, 3.8) is 0 Å². The maximum absolute atomic E-state index is 11.4. The number of carbonyl (C=O) groups is 1. The van der Waals surface area contributed by atoms with Gasteiger partial charge < -0.3 is 4.89 Å². The molecular weight excluding hydrogens is 234 g/mol. The van der Waals surface area contributed by atoms with Gasteiger partial charge in [-0.2, -0.15) is 0 Å². The SMILES string of the molecule is CCCP(=O)(O)C(C)CC(=O)Cl.Cl. The molecule has 0 fully saturated rings. The minimum Gasteiger partial charge on any atom is -0.344 e. The molecule has 2 unspecified atom stereocenters. The summed E-state index contributed by atoms with van der Waals surface area (Å²) in [5.41, 5.74) is -0.512. The monoisotopic (exact) mass is 248 g/mol. The maximum Gasteiger partial charge on any atom is 0.222 e. The molecule has 0 saturated carbocycles. The van der Waals surface area contributed by atoms with Gasteiger partial charge in [-0.3, -0.25) is 9.36 Å². The van der Waals surface area contributed by atoms with Crippen LogP contribution in [-0.4, -0.2) is 22.0 Å². The average Bonchev–Trinajstić information content (AvgIpc) is 1.85. The van der Waals surface area contributed by atoms with Crippen LogP contribution in [0.15, 0.2) is 0 Å². The molecule has 0 aromatic rings. The summed E-state index contributed by atoms with van der Waals surface area (Å²) in [6.07, 6.45) is 0.891. The molecule has 0 radical (unpaired) electrons. The van der Waals surface area contributed by atoms with E-state index in [1.165, 1.54) is 0 Å². The van der Waals surface area contributed by atoms with Crippen molar-refractivity contribution in [2.75, 3.05) is 6.16 Å². The highest BCUT2D eigenvalue weighted by Crippen LogP contribution is 2.48. The van der Waals surface area contributed by atoms with E-state index in [0.717, 1.165) is 0 Å². The van der Waals surface area contributed by atoms with E-state index in [9.17, 15) is 14.3 Å². The fourth-order valence-corrected chi connectivity index (χ4v) is 2.79. The van der Waals surface area contributed by atoms with Crippen molar-refractivity contribution in [1.29, 1.82) is 0 Å². The zero-order valence-corrected chi connectivity index (χ0v) is 10.2. The van der Waals surface area contributed by atoms with Gasteiger partial charge in [-0.25, -0.2) is 0 Å². The molecule has 0 aromatic carbocycles. The van der Waals surface area contributed by atoms with Crippen LogP contribution in [0, 0.1) is 0 Å². The number of carbonyl (C=O) groups excluding carboxylic acids is 1. The van der Waals surface area contributed by atoms with Crippen LogP contribution in [-0.2, 0) is 9.36 Å². The van der Waals surface area contributed by atoms with Crippen LogP contribution in [0.5, 0.6) is 0 Å². The first kappa shape index (κ1) is 15.9. The van der Waals surface area contributed by atoms with Crippen LogP contribution in [0.4, 0.5) is 0 Å². The van der Waals surface area contributed by atoms with Gasteiger partial charge in [0.15, 0.2) is 0 Å². The second-order valence-electron chi connectivity index (χ2n) is 2.89. The fourth-order valence-electron chi connectivity index (χ4n) is 0.916. The van der Waals surface area contributed by atoms with Gasteiger partial charge >= 0.3 is 0 Å². The van der Waals surface area contributed by atoms with E-state index in [0.29, 0.717) is 6.42 Å². The predicted molar refractivity (Wildman–Crippen MR) is 57.2 cm³/mol. The summed E-state index contributed by atoms with van der Waals surface area (Å²) >= 11 is 5.11. The number of hydrogen-bond donors (Lipinski definition) is 1. The minimum atomic E-state index is -3.14. The van der Waals surface area contributed by atoms with E-state index in [2.05, 4.69) is 0 Å². The molecule has 0 rings (SSSR count). The third-order valence-corrected chi connectivity index (χ3v) is 4.49. The Kier molecular flexibility index (Phi) is 8.35. The number of halogens is 2. The molecule has 0 aromatic heterocycles. The molecule has 0 aliphatic rings. The van der Waals surface area contributed by atoms with E-state index in [-0.39, 0.29) is 25.0 Å². The first-order valence-corrected chi connectivity index (χ1v) is 6.19. The molecule has 6 heteroatoms. The molecule has 0 spiro atoms. The molecule has 80 valence electrons. The molecular formula is C7H15Cl2O3P. The maximum atomic E-state index is 11.4. The highest BCUT2D eigenvalue weighted by molar-refractivity contribution is 7.58. The largest absolute Gasteiger partial charge is 0.344 e. The van der Waals surface area contributed by atoms with E-state index in [1.54, 1.807) is 6.92 Å². The second-order valence-corrected chi connectivity index (χ2v) is 6.15. The van der Waals surface area contributed by atoms with E-state index >= 15 is 0 Å². The van der Waals surface area contributed by atoms with Gasteiger partial charge in [0, 0.05) is 18.2 Å². The third-order valence-electron chi connectivity index (χ3n) is 1.69. The second kappa shape index (κ2) is 6.83. The summed E-state index contributed by atoms with van der Waals surface area (Å²) in [6, 6.07) is 0. The third kappa shape index (κ3) is 6.50. The van der Waals surface area contributed by atoms with E-state index < -0.39 is 18.3 Å². The van der Waals surface area contributed by atoms with Crippen LogP contribution in [0.3, 0.4) is 0 Å². The van der Waals surface area contributed by atoms with Crippen molar-refractivity contribution < 1.29 is 14.3 Å². The summed E-state index contributed by atoms with van der Waals surface area (Å²) in [6.45, 7) is 3.41. The van der Waals surface area contributed by atoms with Crippen LogP contribution in [0.2, 0.25) is 0 Å². The Morgan fingerprint density at radius 2 is 2.08 bits per heavy atom. The molecule has 0 heterocycles. The van der Waals surface area contributed by atoms with Crippen molar-refractivity contribution in [2.24, 2.45) is 0 Å². The lowest BCUT2D eigenvalue weighted by molar-refractivity contribution is -0.111. The average molecular weight is 249 g/mol. The molecule has 0 aliphatic carbocycles. The van der Waals surface area contributed by atoms with Gasteiger partial charge in [0.1, 0.15) is 0 Å². The summed E-state index contributed by atoms with van der Waals surface area (Å²) in [5, 5.41) is -0.548. The predicted octanol–water partition coefficient (Wildman–Crippen LogP) is 2.63. The summed E-state index contributed by atoms with van der Waals surface area (Å²) < 4.78 is 11.4. The Labute approximate surface area is 89.7 Å². The summed E-state index contributed by atoms with van der Waals surface area (Å²) in [4.78, 5) is 19.8. The fraction of sp³-hybridized carbons (Fsp3) is 0.857. The van der Waals surface area contributed by atoms with Gasteiger partial charge in [-0.15, -0.1) is 12.4 Å². The highest BCUT2D eigenvalue weighted by atomic mass is 35.5. The molecule has 0 bridgehead atoms. The Balaban J connectivity index is 0. The number of hydrogen-bond acceptors (Lipinski definition) is 2. The Hall–Kier alpha value is 0.440. The van der Waals surface area contributed by atoms with E-state index in [1.807, 2.05) is 6.92 Å². The Morgan fingerprint density at radius 1 is 1.62 bits per heavy atom. The first-order valence-electron chi connectivity index (χ1n) is 3.90. The molecule has 13 heavy (non-hydrogen) atoms. The lowest BCUT2D eigenvalue weighted by Crippen LogP contribution is -2.09. The summed E-state index contributed by atoms with van der Waals surface area (Å²) in [5.74, 6) is 0.